The summed E-state index contributed by atoms with van der Waals surface area (Å²) in [5, 5.41) is 3.60. The van der Waals surface area contributed by atoms with Crippen molar-refractivity contribution in [3.05, 3.63) is 0 Å². The molecular formula is C17H36N2O. The maximum atomic E-state index is 5.71. The van der Waals surface area contributed by atoms with E-state index in [4.69, 9.17) is 4.74 Å². The molecule has 1 rings (SSSR count). The third-order valence-corrected chi connectivity index (χ3v) is 4.08. The maximum Gasteiger partial charge on any atom is 0.0593 e. The third-order valence-electron chi connectivity index (χ3n) is 4.08. The van der Waals surface area contributed by atoms with Gasteiger partial charge in [-0.05, 0) is 63.2 Å². The monoisotopic (exact) mass is 284 g/mol. The van der Waals surface area contributed by atoms with Gasteiger partial charge in [-0.2, -0.15) is 0 Å². The van der Waals surface area contributed by atoms with Crippen LogP contribution in [0.5, 0.6) is 0 Å². The zero-order valence-electron chi connectivity index (χ0n) is 14.2. The summed E-state index contributed by atoms with van der Waals surface area (Å²) >= 11 is 0. The van der Waals surface area contributed by atoms with Crippen molar-refractivity contribution < 1.29 is 4.74 Å². The van der Waals surface area contributed by atoms with E-state index in [0.717, 1.165) is 44.1 Å². The summed E-state index contributed by atoms with van der Waals surface area (Å²) in [6, 6.07) is 0. The molecule has 20 heavy (non-hydrogen) atoms. The zero-order chi connectivity index (χ0) is 14.8. The van der Waals surface area contributed by atoms with Crippen molar-refractivity contribution in [1.82, 2.24) is 10.2 Å². The summed E-state index contributed by atoms with van der Waals surface area (Å²) in [5.74, 6) is 2.40. The zero-order valence-corrected chi connectivity index (χ0v) is 14.2. The normalized spacial score (nSPS) is 18.3. The first-order valence-electron chi connectivity index (χ1n) is 8.58. The fourth-order valence-electron chi connectivity index (χ4n) is 2.61. The molecule has 3 nitrogen and oxygen atoms in total. The number of ether oxygens (including phenoxy) is 1. The molecule has 0 saturated carbocycles. The van der Waals surface area contributed by atoms with Crippen molar-refractivity contribution in [2.45, 2.75) is 47.0 Å². The van der Waals surface area contributed by atoms with Gasteiger partial charge in [0.25, 0.3) is 0 Å². The van der Waals surface area contributed by atoms with Crippen LogP contribution in [0.3, 0.4) is 0 Å². The summed E-state index contributed by atoms with van der Waals surface area (Å²) < 4.78 is 5.71. The molecule has 0 atom stereocenters. The quantitative estimate of drug-likeness (QED) is 0.624. The number of nitrogens with zero attached hydrogens (tertiary/aromatic N) is 1. The first-order chi connectivity index (χ1) is 9.58. The van der Waals surface area contributed by atoms with Gasteiger partial charge in [-0.25, -0.2) is 0 Å². The van der Waals surface area contributed by atoms with Gasteiger partial charge in [-0.15, -0.1) is 0 Å². The van der Waals surface area contributed by atoms with E-state index in [1.54, 1.807) is 0 Å². The van der Waals surface area contributed by atoms with Crippen LogP contribution in [0.1, 0.15) is 47.0 Å². The molecule has 3 heteroatoms. The molecule has 0 amide bonds. The van der Waals surface area contributed by atoms with E-state index in [-0.39, 0.29) is 0 Å². The highest BCUT2D eigenvalue weighted by atomic mass is 16.5. The van der Waals surface area contributed by atoms with Crippen molar-refractivity contribution in [2.24, 2.45) is 17.8 Å². The molecule has 0 unspecified atom stereocenters. The highest BCUT2D eigenvalue weighted by molar-refractivity contribution is 4.74. The van der Waals surface area contributed by atoms with Crippen LogP contribution in [0, 0.1) is 17.8 Å². The maximum absolute atomic E-state index is 5.71. The number of piperidine rings is 1. The topological polar surface area (TPSA) is 24.5 Å². The van der Waals surface area contributed by atoms with Crippen LogP contribution in [-0.4, -0.2) is 50.8 Å². The first-order valence-corrected chi connectivity index (χ1v) is 8.58. The van der Waals surface area contributed by atoms with Crippen LogP contribution in [-0.2, 0) is 4.74 Å². The molecule has 0 aromatic carbocycles. The van der Waals surface area contributed by atoms with Crippen LogP contribution in [0.25, 0.3) is 0 Å². The van der Waals surface area contributed by atoms with Gasteiger partial charge in [0.15, 0.2) is 0 Å². The van der Waals surface area contributed by atoms with Crippen molar-refractivity contribution in [3.8, 4) is 0 Å². The van der Waals surface area contributed by atoms with Crippen LogP contribution < -0.4 is 5.32 Å². The van der Waals surface area contributed by atoms with Gasteiger partial charge in [-0.3, -0.25) is 0 Å². The smallest absolute Gasteiger partial charge is 0.0593 e. The molecule has 120 valence electrons. The van der Waals surface area contributed by atoms with Crippen molar-refractivity contribution in [3.63, 3.8) is 0 Å². The van der Waals surface area contributed by atoms with Crippen molar-refractivity contribution in [2.75, 3.05) is 45.9 Å². The standard InChI is InChI=1S/C17H36N2O/c1-15(2)7-11-20-12-10-19-8-5-17(6-9-19)14-18-13-16(3)4/h15-18H,5-14H2,1-4H3. The van der Waals surface area contributed by atoms with E-state index in [1.165, 1.54) is 38.9 Å². The summed E-state index contributed by atoms with van der Waals surface area (Å²) in [4.78, 5) is 2.56. The van der Waals surface area contributed by atoms with Gasteiger partial charge in [0.2, 0.25) is 0 Å². The number of likely N-dealkylation sites (tertiary alicyclic amines) is 1. The van der Waals surface area contributed by atoms with Gasteiger partial charge < -0.3 is 15.0 Å². The fourth-order valence-corrected chi connectivity index (χ4v) is 2.61. The average molecular weight is 284 g/mol. The number of hydrogen-bond donors (Lipinski definition) is 1. The molecule has 0 bridgehead atoms. The predicted octanol–water partition coefficient (Wildman–Crippen LogP) is 3.01. The van der Waals surface area contributed by atoms with Gasteiger partial charge in [0.05, 0.1) is 6.61 Å². The molecule has 1 N–H and O–H groups in total. The first kappa shape index (κ1) is 17.9. The van der Waals surface area contributed by atoms with Gasteiger partial charge in [-0.1, -0.05) is 27.7 Å². The Bertz CT molecular complexity index is 223. The Balaban J connectivity index is 1.96. The highest BCUT2D eigenvalue weighted by Crippen LogP contribution is 2.16. The lowest BCUT2D eigenvalue weighted by atomic mass is 9.96. The van der Waals surface area contributed by atoms with Gasteiger partial charge in [0.1, 0.15) is 0 Å². The van der Waals surface area contributed by atoms with E-state index >= 15 is 0 Å². The SMILES string of the molecule is CC(C)CCOCCN1CCC(CNCC(C)C)CC1. The van der Waals surface area contributed by atoms with Gasteiger partial charge in [0, 0.05) is 13.2 Å². The lowest BCUT2D eigenvalue weighted by Crippen LogP contribution is -2.39. The molecule has 0 spiro atoms. The molecule has 0 aromatic heterocycles. The minimum atomic E-state index is 0.754. The van der Waals surface area contributed by atoms with Gasteiger partial charge >= 0.3 is 0 Å². The Morgan fingerprint density at radius 1 is 1.05 bits per heavy atom. The molecule has 1 aliphatic rings. The molecule has 1 fully saturated rings. The van der Waals surface area contributed by atoms with Crippen LogP contribution in [0.2, 0.25) is 0 Å². The summed E-state index contributed by atoms with van der Waals surface area (Å²) in [7, 11) is 0. The molecule has 1 heterocycles. The minimum absolute atomic E-state index is 0.754. The molecule has 0 aliphatic carbocycles. The summed E-state index contributed by atoms with van der Waals surface area (Å²) in [5.41, 5.74) is 0. The lowest BCUT2D eigenvalue weighted by Gasteiger charge is -2.32. The van der Waals surface area contributed by atoms with E-state index in [0.29, 0.717) is 0 Å². The molecule has 0 aromatic rings. The van der Waals surface area contributed by atoms with Crippen LogP contribution >= 0.6 is 0 Å². The van der Waals surface area contributed by atoms with Crippen molar-refractivity contribution in [1.29, 1.82) is 0 Å². The Morgan fingerprint density at radius 2 is 1.75 bits per heavy atom. The lowest BCUT2D eigenvalue weighted by molar-refractivity contribution is 0.0825. The van der Waals surface area contributed by atoms with E-state index in [2.05, 4.69) is 37.9 Å². The van der Waals surface area contributed by atoms with E-state index in [9.17, 15) is 0 Å². The fraction of sp³-hybridized carbons (Fsp3) is 1.00. The van der Waals surface area contributed by atoms with Crippen molar-refractivity contribution >= 4 is 0 Å². The molecular weight excluding hydrogens is 248 g/mol. The average Bonchev–Trinajstić information content (AvgIpc) is 2.39. The predicted molar refractivity (Wildman–Crippen MR) is 87.1 cm³/mol. The second kappa shape index (κ2) is 10.6. The molecule has 1 saturated heterocycles. The summed E-state index contributed by atoms with van der Waals surface area (Å²) in [6.07, 6.45) is 3.87. The second-order valence-electron chi connectivity index (χ2n) is 7.13. The third kappa shape index (κ3) is 8.93. The number of rotatable bonds is 10. The minimum Gasteiger partial charge on any atom is -0.380 e. The Labute approximate surface area is 126 Å². The van der Waals surface area contributed by atoms with E-state index in [1.807, 2.05) is 0 Å². The van der Waals surface area contributed by atoms with Crippen LogP contribution in [0.15, 0.2) is 0 Å². The van der Waals surface area contributed by atoms with E-state index < -0.39 is 0 Å². The summed E-state index contributed by atoms with van der Waals surface area (Å²) in [6.45, 7) is 16.9. The molecule has 1 aliphatic heterocycles. The van der Waals surface area contributed by atoms with Crippen LogP contribution in [0.4, 0.5) is 0 Å². The Kier molecular flexibility index (Phi) is 9.49. The highest BCUT2D eigenvalue weighted by Gasteiger charge is 2.18. The number of nitrogens with one attached hydrogen (secondary N) is 1. The largest absolute Gasteiger partial charge is 0.380 e. The second-order valence-corrected chi connectivity index (χ2v) is 7.13. The number of hydrogen-bond acceptors (Lipinski definition) is 3. The Hall–Kier alpha value is -0.120. The molecule has 0 radical (unpaired) electrons. The Morgan fingerprint density at radius 3 is 2.35 bits per heavy atom.